The molecular weight excluding hydrogens is 290 g/mol. The second kappa shape index (κ2) is 5.90. The minimum atomic E-state index is -3.61. The molecule has 8 heteroatoms. The molecule has 2 heterocycles. The van der Waals surface area contributed by atoms with Gasteiger partial charge < -0.3 is 9.88 Å². The highest BCUT2D eigenvalue weighted by atomic mass is 32.2. The quantitative estimate of drug-likeness (QED) is 0.749. The molecule has 7 nitrogen and oxygen atoms in total. The van der Waals surface area contributed by atoms with Crippen LogP contribution in [0.25, 0.3) is 0 Å². The summed E-state index contributed by atoms with van der Waals surface area (Å²) in [7, 11) is -1.78. The Morgan fingerprint density at radius 1 is 1.38 bits per heavy atom. The lowest BCUT2D eigenvalue weighted by Gasteiger charge is -2.06. The van der Waals surface area contributed by atoms with E-state index in [1.807, 2.05) is 18.5 Å². The predicted octanol–water partition coefficient (Wildman–Crippen LogP) is 1.28. The smallest absolute Gasteiger partial charge is 0.263 e. The van der Waals surface area contributed by atoms with Crippen molar-refractivity contribution in [3.63, 3.8) is 0 Å². The highest BCUT2D eigenvalue weighted by Crippen LogP contribution is 2.22. The van der Waals surface area contributed by atoms with Crippen molar-refractivity contribution in [2.45, 2.75) is 32.2 Å². The number of hydrogen-bond donors (Lipinski definition) is 3. The molecule has 0 saturated carbocycles. The molecule has 0 fully saturated rings. The molecule has 0 atom stereocenters. The first-order valence-corrected chi connectivity index (χ1v) is 8.23. The molecule has 2 aromatic heterocycles. The Labute approximate surface area is 124 Å². The van der Waals surface area contributed by atoms with Gasteiger partial charge in [0, 0.05) is 25.5 Å². The third-order valence-electron chi connectivity index (χ3n) is 3.31. The highest BCUT2D eigenvalue weighted by Gasteiger charge is 2.20. The molecule has 0 bridgehead atoms. The van der Waals surface area contributed by atoms with Crippen LogP contribution in [-0.2, 0) is 23.6 Å². The van der Waals surface area contributed by atoms with E-state index in [9.17, 15) is 8.42 Å². The zero-order valence-electron chi connectivity index (χ0n) is 12.7. The maximum atomic E-state index is 12.5. The topological polar surface area (TPSA) is 91.8 Å². The van der Waals surface area contributed by atoms with E-state index >= 15 is 0 Å². The zero-order valence-corrected chi connectivity index (χ0v) is 13.5. The number of aromatic nitrogens is 3. The Balaban J connectivity index is 2.28. The van der Waals surface area contributed by atoms with E-state index in [0.717, 1.165) is 12.2 Å². The number of sulfonamides is 1. The van der Waals surface area contributed by atoms with Crippen LogP contribution < -0.4 is 10.0 Å². The first-order chi connectivity index (χ1) is 9.85. The maximum Gasteiger partial charge on any atom is 0.263 e. The van der Waals surface area contributed by atoms with Crippen molar-refractivity contribution in [2.75, 3.05) is 11.3 Å². The van der Waals surface area contributed by atoms with Gasteiger partial charge in [-0.3, -0.25) is 9.82 Å². The van der Waals surface area contributed by atoms with E-state index in [2.05, 4.69) is 20.2 Å². The molecule has 21 heavy (non-hydrogen) atoms. The lowest BCUT2D eigenvalue weighted by molar-refractivity contribution is 0.601. The molecule has 3 N–H and O–H groups in total. The van der Waals surface area contributed by atoms with E-state index in [-0.39, 0.29) is 4.90 Å². The fourth-order valence-electron chi connectivity index (χ4n) is 2.05. The highest BCUT2D eigenvalue weighted by molar-refractivity contribution is 7.92. The number of rotatable bonds is 6. The maximum absolute atomic E-state index is 12.5. The van der Waals surface area contributed by atoms with E-state index < -0.39 is 10.0 Å². The van der Waals surface area contributed by atoms with Crippen LogP contribution in [0.2, 0.25) is 0 Å². The van der Waals surface area contributed by atoms with Gasteiger partial charge in [-0.1, -0.05) is 6.92 Å². The van der Waals surface area contributed by atoms with Gasteiger partial charge in [-0.25, -0.2) is 8.42 Å². The van der Waals surface area contributed by atoms with Crippen LogP contribution in [-0.4, -0.2) is 29.7 Å². The lowest BCUT2D eigenvalue weighted by Crippen LogP contribution is -2.14. The van der Waals surface area contributed by atoms with Crippen LogP contribution in [0.5, 0.6) is 0 Å². The van der Waals surface area contributed by atoms with Crippen LogP contribution in [0.1, 0.15) is 24.0 Å². The molecule has 0 aliphatic heterocycles. The predicted molar refractivity (Wildman–Crippen MR) is 81.7 cm³/mol. The lowest BCUT2D eigenvalue weighted by atomic mass is 10.3. The summed E-state index contributed by atoms with van der Waals surface area (Å²) in [6, 6.07) is 1.68. The van der Waals surface area contributed by atoms with Gasteiger partial charge in [0.05, 0.1) is 17.1 Å². The van der Waals surface area contributed by atoms with Crippen molar-refractivity contribution >= 4 is 15.7 Å². The van der Waals surface area contributed by atoms with Crippen molar-refractivity contribution in [3.05, 3.63) is 29.3 Å². The standard InChI is InChI=1S/C13H21N5O2S/c1-5-14-7-11-6-12(8-18(11)4)21(19,20)17-13-9(2)15-16-10(13)3/h6,8,14,17H,5,7H2,1-4H3,(H,15,16). The van der Waals surface area contributed by atoms with Crippen molar-refractivity contribution in [3.8, 4) is 0 Å². The van der Waals surface area contributed by atoms with Crippen molar-refractivity contribution < 1.29 is 8.42 Å². The van der Waals surface area contributed by atoms with Crippen LogP contribution >= 0.6 is 0 Å². The Kier molecular flexibility index (Phi) is 4.38. The number of aromatic amines is 1. The average molecular weight is 311 g/mol. The Morgan fingerprint density at radius 3 is 2.67 bits per heavy atom. The summed E-state index contributed by atoms with van der Waals surface area (Å²) < 4.78 is 29.3. The molecule has 2 rings (SSSR count). The van der Waals surface area contributed by atoms with E-state index in [0.29, 0.717) is 23.6 Å². The van der Waals surface area contributed by atoms with E-state index in [4.69, 9.17) is 0 Å². The number of aryl methyl sites for hydroxylation is 3. The summed E-state index contributed by atoms with van der Waals surface area (Å²) in [5, 5.41) is 9.94. The average Bonchev–Trinajstić information content (AvgIpc) is 2.94. The van der Waals surface area contributed by atoms with Gasteiger partial charge in [0.1, 0.15) is 4.90 Å². The summed E-state index contributed by atoms with van der Waals surface area (Å²) in [6.07, 6.45) is 1.61. The second-order valence-corrected chi connectivity index (χ2v) is 6.66. The molecule has 0 amide bonds. The molecule has 116 valence electrons. The largest absolute Gasteiger partial charge is 0.352 e. The molecule has 0 aliphatic carbocycles. The Bertz CT molecular complexity index is 710. The normalized spacial score (nSPS) is 11.8. The Morgan fingerprint density at radius 2 is 2.10 bits per heavy atom. The molecule has 0 spiro atoms. The Hall–Kier alpha value is -1.80. The molecular formula is C13H21N5O2S. The van der Waals surface area contributed by atoms with Gasteiger partial charge in [0.15, 0.2) is 0 Å². The fourth-order valence-corrected chi connectivity index (χ4v) is 3.32. The molecule has 0 unspecified atom stereocenters. The van der Waals surface area contributed by atoms with Gasteiger partial charge in [-0.2, -0.15) is 5.10 Å². The van der Waals surface area contributed by atoms with Crippen LogP contribution in [0.3, 0.4) is 0 Å². The number of hydrogen-bond acceptors (Lipinski definition) is 4. The number of anilines is 1. The summed E-state index contributed by atoms with van der Waals surface area (Å²) in [5.41, 5.74) is 2.74. The van der Waals surface area contributed by atoms with Crippen LogP contribution in [0.4, 0.5) is 5.69 Å². The summed E-state index contributed by atoms with van der Waals surface area (Å²) in [4.78, 5) is 0.248. The number of nitrogens with one attached hydrogen (secondary N) is 3. The van der Waals surface area contributed by atoms with Gasteiger partial charge >= 0.3 is 0 Å². The van der Waals surface area contributed by atoms with Gasteiger partial charge in [-0.15, -0.1) is 0 Å². The van der Waals surface area contributed by atoms with E-state index in [1.165, 1.54) is 0 Å². The second-order valence-electron chi connectivity index (χ2n) is 4.97. The molecule has 0 saturated heterocycles. The summed E-state index contributed by atoms with van der Waals surface area (Å²) >= 11 is 0. The first kappa shape index (κ1) is 15.6. The molecule has 0 radical (unpaired) electrons. The van der Waals surface area contributed by atoms with Crippen molar-refractivity contribution in [1.29, 1.82) is 0 Å². The molecule has 0 aromatic carbocycles. The minimum absolute atomic E-state index is 0.248. The van der Waals surface area contributed by atoms with Gasteiger partial charge in [0.25, 0.3) is 10.0 Å². The molecule has 2 aromatic rings. The number of nitrogens with zero attached hydrogens (tertiary/aromatic N) is 2. The van der Waals surface area contributed by atoms with Crippen LogP contribution in [0.15, 0.2) is 17.2 Å². The minimum Gasteiger partial charge on any atom is -0.352 e. The van der Waals surface area contributed by atoms with Gasteiger partial charge in [-0.05, 0) is 26.5 Å². The SMILES string of the molecule is CCNCc1cc(S(=O)(=O)Nc2c(C)n[nH]c2C)cn1C. The molecule has 0 aliphatic rings. The third kappa shape index (κ3) is 3.27. The fraction of sp³-hybridized carbons (Fsp3) is 0.462. The number of H-pyrrole nitrogens is 1. The monoisotopic (exact) mass is 311 g/mol. The van der Waals surface area contributed by atoms with Crippen molar-refractivity contribution in [1.82, 2.24) is 20.1 Å². The zero-order chi connectivity index (χ0) is 15.6. The van der Waals surface area contributed by atoms with Gasteiger partial charge in [0.2, 0.25) is 0 Å². The van der Waals surface area contributed by atoms with E-state index in [1.54, 1.807) is 26.1 Å². The third-order valence-corrected chi connectivity index (χ3v) is 4.63. The van der Waals surface area contributed by atoms with Crippen LogP contribution in [0, 0.1) is 13.8 Å². The van der Waals surface area contributed by atoms with Crippen molar-refractivity contribution in [2.24, 2.45) is 7.05 Å². The summed E-state index contributed by atoms with van der Waals surface area (Å²) in [5.74, 6) is 0. The summed E-state index contributed by atoms with van der Waals surface area (Å²) in [6.45, 7) is 7.00. The first-order valence-electron chi connectivity index (χ1n) is 6.75.